The van der Waals surface area contributed by atoms with Crippen molar-refractivity contribution in [2.75, 3.05) is 33.2 Å². The number of furan rings is 1. The number of hydrogen-bond acceptors (Lipinski definition) is 3. The molecule has 0 spiro atoms. The fraction of sp³-hybridized carbons (Fsp3) is 0.706. The summed E-state index contributed by atoms with van der Waals surface area (Å²) in [4.78, 5) is 6.84. The van der Waals surface area contributed by atoms with Gasteiger partial charge in [0, 0.05) is 20.1 Å². The van der Waals surface area contributed by atoms with Crippen molar-refractivity contribution in [1.29, 1.82) is 0 Å². The first kappa shape index (κ1) is 18.6. The number of halogens is 1. The maximum Gasteiger partial charge on any atom is 0.191 e. The molecule has 1 unspecified atom stereocenters. The molecule has 2 heterocycles. The summed E-state index contributed by atoms with van der Waals surface area (Å²) in [7, 11) is 1.84. The molecule has 1 saturated heterocycles. The molecule has 1 aliphatic carbocycles. The van der Waals surface area contributed by atoms with Crippen LogP contribution in [0.5, 0.6) is 0 Å². The van der Waals surface area contributed by atoms with Gasteiger partial charge < -0.3 is 15.1 Å². The topological polar surface area (TPSA) is 52.8 Å². The summed E-state index contributed by atoms with van der Waals surface area (Å²) < 4.78 is 5.89. The number of likely N-dealkylation sites (tertiary alicyclic amines) is 1. The molecule has 1 aromatic heterocycles. The van der Waals surface area contributed by atoms with E-state index in [9.17, 15) is 0 Å². The van der Waals surface area contributed by atoms with Gasteiger partial charge in [0.25, 0.3) is 0 Å². The standard InChI is InChI=1S/C17H28N4O.HI/c1-13-5-8-16(22-13)15(21-9-3-4-10-21)12-20-17(18-2)19-11-14-6-7-14;/h5,8,14-15H,3-4,6-7,9-12H2,1-2H3,(H2,18,19,20);1H. The van der Waals surface area contributed by atoms with Crippen LogP contribution < -0.4 is 10.6 Å². The van der Waals surface area contributed by atoms with Crippen molar-refractivity contribution in [3.8, 4) is 0 Å². The predicted octanol–water partition coefficient (Wildman–Crippen LogP) is 2.92. The third kappa shape index (κ3) is 5.38. The van der Waals surface area contributed by atoms with Crippen molar-refractivity contribution in [3.05, 3.63) is 23.7 Å². The van der Waals surface area contributed by atoms with Crippen LogP contribution in [0.4, 0.5) is 0 Å². The van der Waals surface area contributed by atoms with Gasteiger partial charge in [-0.15, -0.1) is 24.0 Å². The van der Waals surface area contributed by atoms with Gasteiger partial charge in [-0.1, -0.05) is 0 Å². The van der Waals surface area contributed by atoms with Crippen LogP contribution in [-0.4, -0.2) is 44.1 Å². The van der Waals surface area contributed by atoms with Gasteiger partial charge in [-0.05, 0) is 63.7 Å². The van der Waals surface area contributed by atoms with Crippen molar-refractivity contribution < 1.29 is 4.42 Å². The summed E-state index contributed by atoms with van der Waals surface area (Å²) in [5, 5.41) is 6.90. The molecule has 2 aliphatic rings. The lowest BCUT2D eigenvalue weighted by Gasteiger charge is -2.26. The molecular formula is C17H29IN4O. The monoisotopic (exact) mass is 432 g/mol. The molecular weight excluding hydrogens is 403 g/mol. The summed E-state index contributed by atoms with van der Waals surface area (Å²) in [5.74, 6) is 3.79. The third-order valence-electron chi connectivity index (χ3n) is 4.61. The second-order valence-electron chi connectivity index (χ2n) is 6.48. The Morgan fingerprint density at radius 2 is 2.04 bits per heavy atom. The Morgan fingerprint density at radius 3 is 2.61 bits per heavy atom. The lowest BCUT2D eigenvalue weighted by molar-refractivity contribution is 0.213. The highest BCUT2D eigenvalue weighted by molar-refractivity contribution is 14.0. The van der Waals surface area contributed by atoms with Crippen LogP contribution in [0.3, 0.4) is 0 Å². The zero-order valence-electron chi connectivity index (χ0n) is 14.2. The average molecular weight is 432 g/mol. The summed E-state index contributed by atoms with van der Waals surface area (Å²) >= 11 is 0. The van der Waals surface area contributed by atoms with Gasteiger partial charge >= 0.3 is 0 Å². The van der Waals surface area contributed by atoms with Crippen molar-refractivity contribution in [3.63, 3.8) is 0 Å². The first-order valence-corrected chi connectivity index (χ1v) is 8.51. The van der Waals surface area contributed by atoms with E-state index >= 15 is 0 Å². The SMILES string of the molecule is CN=C(NCC1CC1)NCC(c1ccc(C)o1)N1CCCC1.I. The van der Waals surface area contributed by atoms with Crippen LogP contribution in [0.15, 0.2) is 21.5 Å². The molecule has 0 radical (unpaired) electrons. The van der Waals surface area contributed by atoms with E-state index in [0.717, 1.165) is 49.6 Å². The largest absolute Gasteiger partial charge is 0.465 e. The molecule has 1 atom stereocenters. The molecule has 0 aromatic carbocycles. The molecule has 3 rings (SSSR count). The number of aryl methyl sites for hydroxylation is 1. The summed E-state index contributed by atoms with van der Waals surface area (Å²) in [6, 6.07) is 4.45. The van der Waals surface area contributed by atoms with Crippen molar-refractivity contribution >= 4 is 29.9 Å². The number of hydrogen-bond donors (Lipinski definition) is 2. The molecule has 1 aromatic rings. The summed E-state index contributed by atoms with van der Waals surface area (Å²) in [5.41, 5.74) is 0. The first-order valence-electron chi connectivity index (χ1n) is 8.51. The van der Waals surface area contributed by atoms with E-state index in [0.29, 0.717) is 0 Å². The van der Waals surface area contributed by atoms with E-state index in [1.165, 1.54) is 25.7 Å². The lowest BCUT2D eigenvalue weighted by atomic mass is 10.2. The van der Waals surface area contributed by atoms with Gasteiger partial charge in [0.1, 0.15) is 11.5 Å². The molecule has 0 bridgehead atoms. The van der Waals surface area contributed by atoms with E-state index in [-0.39, 0.29) is 30.0 Å². The highest BCUT2D eigenvalue weighted by Gasteiger charge is 2.26. The minimum Gasteiger partial charge on any atom is -0.465 e. The Bertz CT molecular complexity index is 506. The fourth-order valence-corrected chi connectivity index (χ4v) is 3.07. The number of guanidine groups is 1. The van der Waals surface area contributed by atoms with Gasteiger partial charge in [0.05, 0.1) is 6.04 Å². The van der Waals surface area contributed by atoms with E-state index < -0.39 is 0 Å². The fourth-order valence-electron chi connectivity index (χ4n) is 3.07. The van der Waals surface area contributed by atoms with Gasteiger partial charge in [-0.2, -0.15) is 0 Å². The van der Waals surface area contributed by atoms with Crippen molar-refractivity contribution in [1.82, 2.24) is 15.5 Å². The number of nitrogens with zero attached hydrogens (tertiary/aromatic N) is 2. The van der Waals surface area contributed by atoms with Crippen molar-refractivity contribution in [2.45, 2.75) is 38.6 Å². The number of aliphatic imine (C=N–C) groups is 1. The Balaban J connectivity index is 0.00000192. The lowest BCUT2D eigenvalue weighted by Crippen LogP contribution is -2.43. The van der Waals surface area contributed by atoms with Gasteiger partial charge in [0.15, 0.2) is 5.96 Å². The van der Waals surface area contributed by atoms with Crippen LogP contribution in [-0.2, 0) is 0 Å². The van der Waals surface area contributed by atoms with E-state index in [4.69, 9.17) is 4.42 Å². The number of rotatable bonds is 6. The minimum absolute atomic E-state index is 0. The maximum atomic E-state index is 5.89. The van der Waals surface area contributed by atoms with Crippen LogP contribution in [0.25, 0.3) is 0 Å². The molecule has 0 amide bonds. The smallest absolute Gasteiger partial charge is 0.191 e. The van der Waals surface area contributed by atoms with Gasteiger partial charge in [-0.3, -0.25) is 9.89 Å². The van der Waals surface area contributed by atoms with E-state index in [1.807, 2.05) is 14.0 Å². The molecule has 2 fully saturated rings. The Hall–Kier alpha value is -0.760. The number of nitrogens with one attached hydrogen (secondary N) is 2. The second kappa shape index (κ2) is 8.92. The van der Waals surface area contributed by atoms with Gasteiger partial charge in [0.2, 0.25) is 0 Å². The average Bonchev–Trinajstić information content (AvgIpc) is 3.00. The summed E-state index contributed by atoms with van der Waals surface area (Å²) in [6.45, 7) is 6.18. The molecule has 1 aliphatic heterocycles. The van der Waals surface area contributed by atoms with E-state index in [1.54, 1.807) is 0 Å². The quantitative estimate of drug-likeness (QED) is 0.413. The Labute approximate surface area is 156 Å². The van der Waals surface area contributed by atoms with Crippen molar-refractivity contribution in [2.24, 2.45) is 10.9 Å². The predicted molar refractivity (Wildman–Crippen MR) is 104 cm³/mol. The zero-order valence-corrected chi connectivity index (χ0v) is 16.5. The molecule has 1 saturated carbocycles. The molecule has 130 valence electrons. The second-order valence-corrected chi connectivity index (χ2v) is 6.48. The van der Waals surface area contributed by atoms with E-state index in [2.05, 4.69) is 32.7 Å². The molecule has 6 heteroatoms. The van der Waals surface area contributed by atoms with Crippen LogP contribution >= 0.6 is 24.0 Å². The van der Waals surface area contributed by atoms with Crippen LogP contribution in [0, 0.1) is 12.8 Å². The first-order chi connectivity index (χ1) is 10.8. The van der Waals surface area contributed by atoms with Crippen LogP contribution in [0.2, 0.25) is 0 Å². The van der Waals surface area contributed by atoms with Gasteiger partial charge in [-0.25, -0.2) is 0 Å². The molecule has 23 heavy (non-hydrogen) atoms. The third-order valence-corrected chi connectivity index (χ3v) is 4.61. The highest BCUT2D eigenvalue weighted by Crippen LogP contribution is 2.28. The normalized spacial score (nSPS) is 20.2. The highest BCUT2D eigenvalue weighted by atomic mass is 127. The molecule has 2 N–H and O–H groups in total. The van der Waals surface area contributed by atoms with Crippen LogP contribution in [0.1, 0.15) is 43.2 Å². The maximum absolute atomic E-state index is 5.89. The zero-order chi connectivity index (χ0) is 15.4. The summed E-state index contributed by atoms with van der Waals surface area (Å²) in [6.07, 6.45) is 5.27. The minimum atomic E-state index is 0. The molecule has 5 nitrogen and oxygen atoms in total. The Kier molecular flexibility index (Phi) is 7.20. The Morgan fingerprint density at radius 1 is 1.30 bits per heavy atom.